The van der Waals surface area contributed by atoms with Gasteiger partial charge in [-0.2, -0.15) is 0 Å². The van der Waals surface area contributed by atoms with Crippen LogP contribution in [0.4, 0.5) is 5.69 Å². The Labute approximate surface area is 83.8 Å². The van der Waals surface area contributed by atoms with Crippen molar-refractivity contribution in [2.24, 2.45) is 0 Å². The summed E-state index contributed by atoms with van der Waals surface area (Å²) in [5.41, 5.74) is -0.0549. The predicted molar refractivity (Wildman–Crippen MR) is 56.4 cm³/mol. The number of aliphatic carboxylic acids is 1. The average Bonchev–Trinajstić information content (AvgIpc) is 2.19. The molecule has 2 N–H and O–H groups in total. The Kier molecular flexibility index (Phi) is 3.12. The van der Waals surface area contributed by atoms with Gasteiger partial charge in [-0.15, -0.1) is 0 Å². The lowest BCUT2D eigenvalue weighted by atomic mass is 9.99. The molecule has 0 spiro atoms. The second kappa shape index (κ2) is 4.13. The first-order valence-corrected chi connectivity index (χ1v) is 4.65. The maximum Gasteiger partial charge on any atom is 0.329 e. The minimum Gasteiger partial charge on any atom is -0.480 e. The van der Waals surface area contributed by atoms with Crippen LogP contribution in [0, 0.1) is 0 Å². The van der Waals surface area contributed by atoms with Crippen LogP contribution in [0.15, 0.2) is 30.3 Å². The molecule has 3 nitrogen and oxygen atoms in total. The van der Waals surface area contributed by atoms with E-state index in [0.717, 1.165) is 5.69 Å². The first-order chi connectivity index (χ1) is 6.58. The maximum absolute atomic E-state index is 11.0. The summed E-state index contributed by atoms with van der Waals surface area (Å²) in [5, 5.41) is 12.0. The number of rotatable bonds is 4. The molecule has 1 atom stereocenters. The highest BCUT2D eigenvalue weighted by molar-refractivity contribution is 5.82. The van der Waals surface area contributed by atoms with Crippen molar-refractivity contribution in [3.05, 3.63) is 30.3 Å². The third-order valence-electron chi connectivity index (χ3n) is 2.37. The van der Waals surface area contributed by atoms with Crippen LogP contribution in [-0.4, -0.2) is 16.6 Å². The second-order valence-corrected chi connectivity index (χ2v) is 3.48. The van der Waals surface area contributed by atoms with Crippen molar-refractivity contribution in [3.8, 4) is 0 Å². The van der Waals surface area contributed by atoms with Gasteiger partial charge in [0.05, 0.1) is 0 Å². The number of nitrogens with one attached hydrogen (secondary N) is 1. The van der Waals surface area contributed by atoms with Crippen molar-refractivity contribution in [2.45, 2.75) is 25.8 Å². The molecule has 1 aromatic carbocycles. The zero-order valence-electron chi connectivity index (χ0n) is 8.45. The lowest BCUT2D eigenvalue weighted by Gasteiger charge is -2.25. The fourth-order valence-corrected chi connectivity index (χ4v) is 1.13. The third kappa shape index (κ3) is 2.25. The first-order valence-electron chi connectivity index (χ1n) is 4.65. The van der Waals surface area contributed by atoms with Crippen LogP contribution >= 0.6 is 0 Å². The number of hydrogen-bond donors (Lipinski definition) is 2. The minimum absolute atomic E-state index is 0.539. The van der Waals surface area contributed by atoms with E-state index in [1.54, 1.807) is 6.92 Å². The highest BCUT2D eigenvalue weighted by Gasteiger charge is 2.30. The molecular weight excluding hydrogens is 178 g/mol. The Bertz CT molecular complexity index is 310. The van der Waals surface area contributed by atoms with Crippen LogP contribution in [0.3, 0.4) is 0 Å². The molecule has 0 aliphatic heterocycles. The van der Waals surface area contributed by atoms with Crippen LogP contribution in [0.1, 0.15) is 20.3 Å². The normalized spacial score (nSPS) is 14.4. The van der Waals surface area contributed by atoms with Gasteiger partial charge in [-0.25, -0.2) is 4.79 Å². The molecule has 0 saturated heterocycles. The fourth-order valence-electron chi connectivity index (χ4n) is 1.13. The molecule has 0 amide bonds. The zero-order valence-corrected chi connectivity index (χ0v) is 8.45. The Hall–Kier alpha value is -1.51. The number of hydrogen-bond acceptors (Lipinski definition) is 2. The highest BCUT2D eigenvalue weighted by Crippen LogP contribution is 2.18. The summed E-state index contributed by atoms with van der Waals surface area (Å²) < 4.78 is 0. The molecule has 0 unspecified atom stereocenters. The number of anilines is 1. The van der Waals surface area contributed by atoms with Crippen molar-refractivity contribution in [2.75, 3.05) is 5.32 Å². The predicted octanol–water partition coefficient (Wildman–Crippen LogP) is 2.35. The van der Waals surface area contributed by atoms with E-state index in [-0.39, 0.29) is 0 Å². The molecule has 0 bridgehead atoms. The molecule has 0 radical (unpaired) electrons. The van der Waals surface area contributed by atoms with Gasteiger partial charge in [-0.3, -0.25) is 0 Å². The Morgan fingerprint density at radius 1 is 1.43 bits per heavy atom. The number of carbonyl (C=O) groups is 1. The van der Waals surface area contributed by atoms with Crippen molar-refractivity contribution in [3.63, 3.8) is 0 Å². The van der Waals surface area contributed by atoms with Crippen LogP contribution in [0.5, 0.6) is 0 Å². The Morgan fingerprint density at radius 3 is 2.43 bits per heavy atom. The van der Waals surface area contributed by atoms with E-state index >= 15 is 0 Å². The van der Waals surface area contributed by atoms with Gasteiger partial charge in [0.25, 0.3) is 0 Å². The molecule has 0 aromatic heterocycles. The van der Waals surface area contributed by atoms with E-state index in [9.17, 15) is 4.79 Å². The van der Waals surface area contributed by atoms with Gasteiger partial charge in [0, 0.05) is 5.69 Å². The van der Waals surface area contributed by atoms with E-state index < -0.39 is 11.5 Å². The number of carboxylic acids is 1. The summed E-state index contributed by atoms with van der Waals surface area (Å²) in [6.45, 7) is 3.53. The standard InChI is InChI=1S/C11H15NO2/c1-3-11(2,10(13)14)12-9-7-5-4-6-8-9/h4-8,12H,3H2,1-2H3,(H,13,14)/t11-/m0/s1. The van der Waals surface area contributed by atoms with Crippen LogP contribution in [0.2, 0.25) is 0 Å². The van der Waals surface area contributed by atoms with E-state index in [2.05, 4.69) is 5.32 Å². The van der Waals surface area contributed by atoms with E-state index in [4.69, 9.17) is 5.11 Å². The van der Waals surface area contributed by atoms with Crippen LogP contribution in [0.25, 0.3) is 0 Å². The average molecular weight is 193 g/mol. The molecule has 14 heavy (non-hydrogen) atoms. The first kappa shape index (κ1) is 10.6. The molecule has 0 fully saturated rings. The van der Waals surface area contributed by atoms with Gasteiger partial charge in [-0.1, -0.05) is 25.1 Å². The van der Waals surface area contributed by atoms with Crippen LogP contribution < -0.4 is 5.32 Å². The zero-order chi connectivity index (χ0) is 10.6. The summed E-state index contributed by atoms with van der Waals surface area (Å²) in [6.07, 6.45) is 0.539. The summed E-state index contributed by atoms with van der Waals surface area (Å²) in [5.74, 6) is -0.830. The van der Waals surface area contributed by atoms with E-state index in [0.29, 0.717) is 6.42 Å². The van der Waals surface area contributed by atoms with Crippen molar-refractivity contribution in [1.82, 2.24) is 0 Å². The maximum atomic E-state index is 11.0. The quantitative estimate of drug-likeness (QED) is 0.771. The topological polar surface area (TPSA) is 49.3 Å². The number of benzene rings is 1. The van der Waals surface area contributed by atoms with Gasteiger partial charge < -0.3 is 10.4 Å². The lowest BCUT2D eigenvalue weighted by molar-refractivity contribution is -0.141. The molecule has 76 valence electrons. The van der Waals surface area contributed by atoms with Gasteiger partial charge in [-0.05, 0) is 25.5 Å². The smallest absolute Gasteiger partial charge is 0.329 e. The molecule has 0 aliphatic rings. The van der Waals surface area contributed by atoms with E-state index in [1.165, 1.54) is 0 Å². The molecular formula is C11H15NO2. The molecule has 0 saturated carbocycles. The minimum atomic E-state index is -0.888. The molecule has 1 rings (SSSR count). The SMILES string of the molecule is CC[C@](C)(Nc1ccccc1)C(=O)O. The summed E-state index contributed by atoms with van der Waals surface area (Å²) in [4.78, 5) is 11.0. The molecule has 1 aromatic rings. The van der Waals surface area contributed by atoms with Crippen molar-refractivity contribution in [1.29, 1.82) is 0 Å². The van der Waals surface area contributed by atoms with E-state index in [1.807, 2.05) is 37.3 Å². The number of carboxylic acid groups (broad SMARTS) is 1. The lowest BCUT2D eigenvalue weighted by Crippen LogP contribution is -2.42. The summed E-state index contributed by atoms with van der Waals surface area (Å²) in [7, 11) is 0. The molecule has 0 heterocycles. The largest absolute Gasteiger partial charge is 0.480 e. The van der Waals surface area contributed by atoms with Gasteiger partial charge in [0.15, 0.2) is 0 Å². The summed E-state index contributed by atoms with van der Waals surface area (Å²) in [6, 6.07) is 9.36. The van der Waals surface area contributed by atoms with Crippen LogP contribution in [-0.2, 0) is 4.79 Å². The van der Waals surface area contributed by atoms with Gasteiger partial charge in [0.1, 0.15) is 5.54 Å². The van der Waals surface area contributed by atoms with Gasteiger partial charge >= 0.3 is 5.97 Å². The second-order valence-electron chi connectivity index (χ2n) is 3.48. The molecule has 3 heteroatoms. The van der Waals surface area contributed by atoms with Gasteiger partial charge in [0.2, 0.25) is 0 Å². The van der Waals surface area contributed by atoms with Crippen molar-refractivity contribution < 1.29 is 9.90 Å². The Morgan fingerprint density at radius 2 is 2.00 bits per heavy atom. The third-order valence-corrected chi connectivity index (χ3v) is 2.37. The Balaban J connectivity index is 2.81. The highest BCUT2D eigenvalue weighted by atomic mass is 16.4. The summed E-state index contributed by atoms with van der Waals surface area (Å²) >= 11 is 0. The number of para-hydroxylation sites is 1. The molecule has 0 aliphatic carbocycles. The monoisotopic (exact) mass is 193 g/mol. The fraction of sp³-hybridized carbons (Fsp3) is 0.364. The van der Waals surface area contributed by atoms with Crippen molar-refractivity contribution >= 4 is 11.7 Å².